The zero-order chi connectivity index (χ0) is 15.1. The molecule has 3 heterocycles. The van der Waals surface area contributed by atoms with Crippen LogP contribution in [0.25, 0.3) is 0 Å². The largest absolute Gasteiger partial charge is 0.446 e. The van der Waals surface area contributed by atoms with E-state index in [1.807, 2.05) is 18.7 Å². The zero-order valence-corrected chi connectivity index (χ0v) is 13.2. The van der Waals surface area contributed by atoms with Crippen molar-refractivity contribution < 1.29 is 9.21 Å². The lowest BCUT2D eigenvalue weighted by Gasteiger charge is -2.37. The van der Waals surface area contributed by atoms with Crippen molar-refractivity contribution >= 4 is 6.03 Å². The molecule has 2 fully saturated rings. The summed E-state index contributed by atoms with van der Waals surface area (Å²) < 4.78 is 5.49. The summed E-state index contributed by atoms with van der Waals surface area (Å²) in [5.74, 6) is 1.62. The van der Waals surface area contributed by atoms with Gasteiger partial charge >= 0.3 is 6.03 Å². The van der Waals surface area contributed by atoms with Crippen molar-refractivity contribution in [2.75, 3.05) is 13.1 Å². The highest BCUT2D eigenvalue weighted by atomic mass is 16.4. The molecule has 2 saturated heterocycles. The monoisotopic (exact) mass is 292 g/mol. The third kappa shape index (κ3) is 2.64. The Bertz CT molecular complexity index is 540. The van der Waals surface area contributed by atoms with Gasteiger partial charge in [0.2, 0.25) is 0 Å². The SMILES string of the molecule is Cc1nc(CN2CC[C@H]3[C@@H](C2)NC(=O)N3C(C)C)c(C)o1. The number of amides is 2. The van der Waals surface area contributed by atoms with Crippen LogP contribution in [0.2, 0.25) is 0 Å². The van der Waals surface area contributed by atoms with Gasteiger partial charge in [0.25, 0.3) is 0 Å². The van der Waals surface area contributed by atoms with Gasteiger partial charge in [-0.1, -0.05) is 0 Å². The first-order valence-electron chi connectivity index (χ1n) is 7.70. The van der Waals surface area contributed by atoms with Crippen molar-refractivity contribution in [1.82, 2.24) is 20.1 Å². The van der Waals surface area contributed by atoms with Crippen LogP contribution in [0.5, 0.6) is 0 Å². The van der Waals surface area contributed by atoms with E-state index in [0.717, 1.165) is 43.4 Å². The van der Waals surface area contributed by atoms with Crippen LogP contribution in [0.3, 0.4) is 0 Å². The van der Waals surface area contributed by atoms with Crippen molar-refractivity contribution in [1.29, 1.82) is 0 Å². The summed E-state index contributed by atoms with van der Waals surface area (Å²) in [6, 6.07) is 0.887. The molecule has 0 spiro atoms. The maximum atomic E-state index is 12.1. The number of nitrogens with one attached hydrogen (secondary N) is 1. The average Bonchev–Trinajstić information content (AvgIpc) is 2.88. The van der Waals surface area contributed by atoms with Crippen LogP contribution in [0.1, 0.15) is 37.6 Å². The van der Waals surface area contributed by atoms with E-state index in [1.54, 1.807) is 0 Å². The number of carbonyl (C=O) groups excluding carboxylic acids is 1. The average molecular weight is 292 g/mol. The van der Waals surface area contributed by atoms with E-state index in [2.05, 4.69) is 29.0 Å². The third-order valence-corrected chi connectivity index (χ3v) is 4.49. The highest BCUT2D eigenvalue weighted by Crippen LogP contribution is 2.26. The van der Waals surface area contributed by atoms with Crippen LogP contribution >= 0.6 is 0 Å². The van der Waals surface area contributed by atoms with E-state index >= 15 is 0 Å². The Morgan fingerprint density at radius 2 is 2.19 bits per heavy atom. The number of fused-ring (bicyclic) bond motifs is 1. The number of nitrogens with zero attached hydrogens (tertiary/aromatic N) is 3. The van der Waals surface area contributed by atoms with Gasteiger partial charge in [-0.25, -0.2) is 9.78 Å². The Balaban J connectivity index is 1.66. The lowest BCUT2D eigenvalue weighted by molar-refractivity contribution is 0.121. The van der Waals surface area contributed by atoms with Gasteiger partial charge in [-0.15, -0.1) is 0 Å². The van der Waals surface area contributed by atoms with E-state index < -0.39 is 0 Å². The summed E-state index contributed by atoms with van der Waals surface area (Å²) in [7, 11) is 0. The first-order chi connectivity index (χ1) is 9.95. The normalized spacial score (nSPS) is 26.3. The number of rotatable bonds is 3. The lowest BCUT2D eigenvalue weighted by Crippen LogP contribution is -2.51. The number of aryl methyl sites for hydroxylation is 2. The first-order valence-corrected chi connectivity index (χ1v) is 7.70. The van der Waals surface area contributed by atoms with Gasteiger partial charge in [0.15, 0.2) is 5.89 Å². The summed E-state index contributed by atoms with van der Waals surface area (Å²) in [6.07, 6.45) is 1.01. The summed E-state index contributed by atoms with van der Waals surface area (Å²) in [6.45, 7) is 10.7. The molecular formula is C15H24N4O2. The van der Waals surface area contributed by atoms with Crippen LogP contribution in [0.15, 0.2) is 4.42 Å². The molecule has 2 atom stereocenters. The Kier molecular flexibility index (Phi) is 3.65. The number of piperidine rings is 1. The molecule has 1 N–H and O–H groups in total. The van der Waals surface area contributed by atoms with Crippen LogP contribution in [-0.4, -0.2) is 52.0 Å². The summed E-state index contributed by atoms with van der Waals surface area (Å²) in [4.78, 5) is 20.9. The molecule has 2 aliphatic heterocycles. The molecule has 0 aromatic carbocycles. The zero-order valence-electron chi connectivity index (χ0n) is 13.2. The molecule has 2 amide bonds. The minimum Gasteiger partial charge on any atom is -0.446 e. The Labute approximate surface area is 125 Å². The molecule has 0 unspecified atom stereocenters. The van der Waals surface area contributed by atoms with Crippen molar-refractivity contribution in [2.45, 2.75) is 58.8 Å². The maximum absolute atomic E-state index is 12.1. The van der Waals surface area contributed by atoms with Crippen molar-refractivity contribution in [3.05, 3.63) is 17.3 Å². The minimum absolute atomic E-state index is 0.0790. The summed E-state index contributed by atoms with van der Waals surface area (Å²) in [5.41, 5.74) is 1.01. The highest BCUT2D eigenvalue weighted by Gasteiger charge is 2.43. The number of oxazole rings is 1. The smallest absolute Gasteiger partial charge is 0.318 e. The predicted octanol–water partition coefficient (Wildman–Crippen LogP) is 1.67. The molecule has 1 aromatic heterocycles. The topological polar surface area (TPSA) is 61.6 Å². The minimum atomic E-state index is 0.0790. The fourth-order valence-corrected chi connectivity index (χ4v) is 3.56. The molecule has 116 valence electrons. The number of hydrogen-bond donors (Lipinski definition) is 1. The third-order valence-electron chi connectivity index (χ3n) is 4.49. The lowest BCUT2D eigenvalue weighted by atomic mass is 9.99. The predicted molar refractivity (Wildman–Crippen MR) is 79.0 cm³/mol. The van der Waals surface area contributed by atoms with E-state index in [9.17, 15) is 4.79 Å². The molecule has 0 aliphatic carbocycles. The fourth-order valence-electron chi connectivity index (χ4n) is 3.56. The molecule has 3 rings (SSSR count). The van der Waals surface area contributed by atoms with Crippen molar-refractivity contribution in [3.8, 4) is 0 Å². The number of carbonyl (C=O) groups is 1. The number of aromatic nitrogens is 1. The molecule has 0 radical (unpaired) electrons. The Morgan fingerprint density at radius 1 is 1.43 bits per heavy atom. The van der Waals surface area contributed by atoms with Crippen molar-refractivity contribution in [2.24, 2.45) is 0 Å². The molecule has 6 nitrogen and oxygen atoms in total. The molecule has 0 saturated carbocycles. The second kappa shape index (κ2) is 5.33. The number of hydrogen-bond acceptors (Lipinski definition) is 4. The second-order valence-corrected chi connectivity index (χ2v) is 6.38. The Hall–Kier alpha value is -1.56. The molecule has 2 aliphatic rings. The summed E-state index contributed by atoms with van der Waals surface area (Å²) in [5, 5.41) is 3.12. The van der Waals surface area contributed by atoms with Crippen LogP contribution in [0.4, 0.5) is 4.79 Å². The van der Waals surface area contributed by atoms with E-state index in [0.29, 0.717) is 6.04 Å². The second-order valence-electron chi connectivity index (χ2n) is 6.38. The van der Waals surface area contributed by atoms with Crippen LogP contribution < -0.4 is 5.32 Å². The molecule has 21 heavy (non-hydrogen) atoms. The molecule has 6 heteroatoms. The quantitative estimate of drug-likeness (QED) is 0.920. The molecule has 1 aromatic rings. The number of likely N-dealkylation sites (tertiary alicyclic amines) is 1. The van der Waals surface area contributed by atoms with Crippen LogP contribution in [0, 0.1) is 13.8 Å². The van der Waals surface area contributed by atoms with E-state index in [1.165, 1.54) is 0 Å². The van der Waals surface area contributed by atoms with E-state index in [-0.39, 0.29) is 18.1 Å². The standard InChI is InChI=1S/C15H24N4O2/c1-9(2)19-14-5-6-18(8-13(14)17-15(19)20)7-12-10(3)21-11(4)16-12/h9,13-14H,5-8H2,1-4H3,(H,17,20)/t13-,14+/m1/s1. The highest BCUT2D eigenvalue weighted by molar-refractivity contribution is 5.78. The maximum Gasteiger partial charge on any atom is 0.318 e. The van der Waals surface area contributed by atoms with Gasteiger partial charge in [-0.2, -0.15) is 0 Å². The van der Waals surface area contributed by atoms with Gasteiger partial charge < -0.3 is 14.6 Å². The van der Waals surface area contributed by atoms with Gasteiger partial charge in [-0.3, -0.25) is 4.90 Å². The van der Waals surface area contributed by atoms with Gasteiger partial charge in [-0.05, 0) is 27.2 Å². The fraction of sp³-hybridized carbons (Fsp3) is 0.733. The van der Waals surface area contributed by atoms with Gasteiger partial charge in [0, 0.05) is 32.6 Å². The molecule has 0 bridgehead atoms. The van der Waals surface area contributed by atoms with Crippen molar-refractivity contribution in [3.63, 3.8) is 0 Å². The Morgan fingerprint density at radius 3 is 2.81 bits per heavy atom. The molecular weight excluding hydrogens is 268 g/mol. The number of urea groups is 1. The van der Waals surface area contributed by atoms with Gasteiger partial charge in [0.1, 0.15) is 5.76 Å². The first kappa shape index (κ1) is 14.4. The van der Waals surface area contributed by atoms with Crippen LogP contribution in [-0.2, 0) is 6.54 Å². The van der Waals surface area contributed by atoms with E-state index in [4.69, 9.17) is 4.42 Å². The van der Waals surface area contributed by atoms with Gasteiger partial charge in [0.05, 0.1) is 17.8 Å². The summed E-state index contributed by atoms with van der Waals surface area (Å²) >= 11 is 0.